The van der Waals surface area contributed by atoms with Crippen molar-refractivity contribution in [1.29, 1.82) is 0 Å². The molecule has 0 radical (unpaired) electrons. The third kappa shape index (κ3) is 5.17. The van der Waals surface area contributed by atoms with Gasteiger partial charge in [-0.2, -0.15) is 0 Å². The van der Waals surface area contributed by atoms with Crippen molar-refractivity contribution in [2.45, 2.75) is 52.3 Å². The second kappa shape index (κ2) is 7.85. The average Bonchev–Trinajstić information content (AvgIpc) is 2.37. The number of carbonyl (C=O) groups excluding carboxylic acids is 1. The molecule has 0 saturated carbocycles. The molecule has 0 aliphatic heterocycles. The van der Waals surface area contributed by atoms with Crippen molar-refractivity contribution in [2.24, 2.45) is 5.73 Å². The zero-order valence-corrected chi connectivity index (χ0v) is 12.3. The lowest BCUT2D eigenvalue weighted by Crippen LogP contribution is -2.41. The largest absolute Gasteiger partial charge is 0.481 e. The number of carbonyl (C=O) groups is 1. The van der Waals surface area contributed by atoms with E-state index in [1.54, 1.807) is 13.0 Å². The van der Waals surface area contributed by atoms with E-state index in [0.29, 0.717) is 11.3 Å². The van der Waals surface area contributed by atoms with Crippen LogP contribution in [0.15, 0.2) is 18.2 Å². The standard InChI is InChI=1S/C15H23FN2O2/c1-4-5-10(2)18-15(19)11(3)20-14-7-12(9-17)6-13(16)8-14/h6-8,10-11H,4-5,9,17H2,1-3H3,(H,18,19). The number of amides is 1. The van der Waals surface area contributed by atoms with Crippen LogP contribution >= 0.6 is 0 Å². The molecule has 1 rings (SSSR count). The van der Waals surface area contributed by atoms with E-state index in [9.17, 15) is 9.18 Å². The molecular weight excluding hydrogens is 259 g/mol. The first-order valence-corrected chi connectivity index (χ1v) is 6.92. The van der Waals surface area contributed by atoms with E-state index in [1.165, 1.54) is 12.1 Å². The van der Waals surface area contributed by atoms with Gasteiger partial charge in [0, 0.05) is 18.7 Å². The van der Waals surface area contributed by atoms with Crippen molar-refractivity contribution in [1.82, 2.24) is 5.32 Å². The number of ether oxygens (including phenoxy) is 1. The molecule has 1 aromatic carbocycles. The summed E-state index contributed by atoms with van der Waals surface area (Å²) in [6.07, 6.45) is 1.23. The molecule has 4 nitrogen and oxygen atoms in total. The molecule has 3 N–H and O–H groups in total. The van der Waals surface area contributed by atoms with E-state index >= 15 is 0 Å². The van der Waals surface area contributed by atoms with Crippen LogP contribution in [0.2, 0.25) is 0 Å². The molecule has 20 heavy (non-hydrogen) atoms. The summed E-state index contributed by atoms with van der Waals surface area (Å²) >= 11 is 0. The Hall–Kier alpha value is -1.62. The van der Waals surface area contributed by atoms with Gasteiger partial charge < -0.3 is 15.8 Å². The first kappa shape index (κ1) is 16.4. The SMILES string of the molecule is CCCC(C)NC(=O)C(C)Oc1cc(F)cc(CN)c1. The molecule has 0 saturated heterocycles. The Bertz CT molecular complexity index is 451. The van der Waals surface area contributed by atoms with E-state index in [0.717, 1.165) is 12.8 Å². The van der Waals surface area contributed by atoms with Gasteiger partial charge in [-0.15, -0.1) is 0 Å². The summed E-state index contributed by atoms with van der Waals surface area (Å²) in [5, 5.41) is 2.86. The molecule has 1 aromatic rings. The highest BCUT2D eigenvalue weighted by atomic mass is 19.1. The lowest BCUT2D eigenvalue weighted by Gasteiger charge is -2.18. The molecule has 2 unspecified atom stereocenters. The predicted octanol–water partition coefficient (Wildman–Crippen LogP) is 2.36. The highest BCUT2D eigenvalue weighted by Gasteiger charge is 2.17. The Kier molecular flexibility index (Phi) is 6.45. The van der Waals surface area contributed by atoms with E-state index in [-0.39, 0.29) is 18.5 Å². The molecule has 0 heterocycles. The van der Waals surface area contributed by atoms with Crippen molar-refractivity contribution in [3.8, 4) is 5.75 Å². The molecule has 0 aliphatic rings. The normalized spacial score (nSPS) is 13.7. The highest BCUT2D eigenvalue weighted by Crippen LogP contribution is 2.17. The van der Waals surface area contributed by atoms with Crippen LogP contribution < -0.4 is 15.8 Å². The van der Waals surface area contributed by atoms with Crippen LogP contribution in [-0.2, 0) is 11.3 Å². The van der Waals surface area contributed by atoms with Gasteiger partial charge in [0.25, 0.3) is 5.91 Å². The fourth-order valence-corrected chi connectivity index (χ4v) is 1.93. The molecule has 0 fully saturated rings. The number of rotatable bonds is 7. The second-order valence-electron chi connectivity index (χ2n) is 4.96. The van der Waals surface area contributed by atoms with Gasteiger partial charge in [0.05, 0.1) is 0 Å². The third-order valence-electron chi connectivity index (χ3n) is 2.96. The predicted molar refractivity (Wildman–Crippen MR) is 76.9 cm³/mol. The number of nitrogens with two attached hydrogens (primary N) is 1. The van der Waals surface area contributed by atoms with E-state index in [4.69, 9.17) is 10.5 Å². The third-order valence-corrected chi connectivity index (χ3v) is 2.96. The summed E-state index contributed by atoms with van der Waals surface area (Å²) in [5.41, 5.74) is 6.11. The molecule has 0 spiro atoms. The molecule has 0 aromatic heterocycles. The van der Waals surface area contributed by atoms with Crippen molar-refractivity contribution in [3.05, 3.63) is 29.6 Å². The first-order chi connectivity index (χ1) is 9.46. The molecule has 0 bridgehead atoms. The fraction of sp³-hybridized carbons (Fsp3) is 0.533. The smallest absolute Gasteiger partial charge is 0.260 e. The molecular formula is C15H23FN2O2. The zero-order chi connectivity index (χ0) is 15.1. The van der Waals surface area contributed by atoms with Gasteiger partial charge in [-0.05, 0) is 38.0 Å². The van der Waals surface area contributed by atoms with Crippen molar-refractivity contribution in [2.75, 3.05) is 0 Å². The summed E-state index contributed by atoms with van der Waals surface area (Å²) in [5.74, 6) is -0.310. The summed E-state index contributed by atoms with van der Waals surface area (Å²) in [7, 11) is 0. The number of hydrogen-bond donors (Lipinski definition) is 2. The molecule has 1 amide bonds. The Labute approximate surface area is 119 Å². The molecule has 0 aliphatic carbocycles. The number of benzene rings is 1. The van der Waals surface area contributed by atoms with Crippen LogP contribution in [0.4, 0.5) is 4.39 Å². The lowest BCUT2D eigenvalue weighted by atomic mass is 10.2. The maximum Gasteiger partial charge on any atom is 0.260 e. The van der Waals surface area contributed by atoms with Crippen LogP contribution in [-0.4, -0.2) is 18.1 Å². The van der Waals surface area contributed by atoms with Gasteiger partial charge >= 0.3 is 0 Å². The molecule has 5 heteroatoms. The first-order valence-electron chi connectivity index (χ1n) is 6.92. The van der Waals surface area contributed by atoms with Gasteiger partial charge in [-0.25, -0.2) is 4.39 Å². The average molecular weight is 282 g/mol. The maximum atomic E-state index is 13.3. The second-order valence-corrected chi connectivity index (χ2v) is 4.96. The van der Waals surface area contributed by atoms with Crippen LogP contribution in [0.3, 0.4) is 0 Å². The number of halogens is 1. The minimum absolute atomic E-state index is 0.102. The van der Waals surface area contributed by atoms with Crippen molar-refractivity contribution in [3.63, 3.8) is 0 Å². The number of hydrogen-bond acceptors (Lipinski definition) is 3. The quantitative estimate of drug-likeness (QED) is 0.807. The summed E-state index contributed by atoms with van der Waals surface area (Å²) in [4.78, 5) is 11.9. The minimum atomic E-state index is -0.679. The summed E-state index contributed by atoms with van der Waals surface area (Å²) in [6.45, 7) is 5.87. The van der Waals surface area contributed by atoms with Crippen molar-refractivity contribution >= 4 is 5.91 Å². The van der Waals surface area contributed by atoms with E-state index < -0.39 is 11.9 Å². The van der Waals surface area contributed by atoms with E-state index in [1.807, 2.05) is 6.92 Å². The Morgan fingerprint density at radius 1 is 1.40 bits per heavy atom. The Morgan fingerprint density at radius 3 is 2.70 bits per heavy atom. The van der Waals surface area contributed by atoms with Gasteiger partial charge in [-0.1, -0.05) is 13.3 Å². The summed E-state index contributed by atoms with van der Waals surface area (Å²) < 4.78 is 18.8. The van der Waals surface area contributed by atoms with Gasteiger partial charge in [-0.3, -0.25) is 4.79 Å². The van der Waals surface area contributed by atoms with Crippen LogP contribution in [0.25, 0.3) is 0 Å². The highest BCUT2D eigenvalue weighted by molar-refractivity contribution is 5.80. The lowest BCUT2D eigenvalue weighted by molar-refractivity contribution is -0.127. The van der Waals surface area contributed by atoms with Crippen LogP contribution in [0.1, 0.15) is 39.2 Å². The van der Waals surface area contributed by atoms with Gasteiger partial charge in [0.15, 0.2) is 6.10 Å². The van der Waals surface area contributed by atoms with Crippen LogP contribution in [0.5, 0.6) is 5.75 Å². The van der Waals surface area contributed by atoms with Crippen molar-refractivity contribution < 1.29 is 13.9 Å². The van der Waals surface area contributed by atoms with Gasteiger partial charge in [0.1, 0.15) is 11.6 Å². The topological polar surface area (TPSA) is 64.3 Å². The van der Waals surface area contributed by atoms with Gasteiger partial charge in [0.2, 0.25) is 0 Å². The zero-order valence-electron chi connectivity index (χ0n) is 12.3. The van der Waals surface area contributed by atoms with E-state index in [2.05, 4.69) is 12.2 Å². The summed E-state index contributed by atoms with van der Waals surface area (Å²) in [6, 6.07) is 4.34. The minimum Gasteiger partial charge on any atom is -0.481 e. The monoisotopic (exact) mass is 282 g/mol. The molecule has 112 valence electrons. The number of nitrogens with one attached hydrogen (secondary N) is 1. The Balaban J connectivity index is 2.63. The molecule has 2 atom stereocenters. The Morgan fingerprint density at radius 2 is 2.10 bits per heavy atom. The maximum absolute atomic E-state index is 13.3. The van der Waals surface area contributed by atoms with Crippen LogP contribution in [0, 0.1) is 5.82 Å². The fourth-order valence-electron chi connectivity index (χ4n) is 1.93.